The van der Waals surface area contributed by atoms with Crippen LogP contribution >= 0.6 is 0 Å². The number of hydrogen-bond acceptors (Lipinski definition) is 4. The number of carbonyl (C=O) groups is 2. The van der Waals surface area contributed by atoms with Crippen molar-refractivity contribution in [3.63, 3.8) is 0 Å². The molecule has 2 amide bonds. The van der Waals surface area contributed by atoms with Gasteiger partial charge in [-0.05, 0) is 47.4 Å². The highest BCUT2D eigenvalue weighted by molar-refractivity contribution is 5.88. The molecular formula is C28H29FN2O4. The highest BCUT2D eigenvalue weighted by Crippen LogP contribution is 2.32. The number of nitrogens with zero attached hydrogens (tertiary/aromatic N) is 1. The van der Waals surface area contributed by atoms with Crippen molar-refractivity contribution in [2.24, 2.45) is 0 Å². The molecule has 0 bridgehead atoms. The van der Waals surface area contributed by atoms with Crippen LogP contribution in [0.3, 0.4) is 0 Å². The molecule has 4 rings (SSSR count). The minimum absolute atomic E-state index is 0.115. The van der Waals surface area contributed by atoms with Gasteiger partial charge in [-0.2, -0.15) is 0 Å². The van der Waals surface area contributed by atoms with Gasteiger partial charge in [0.05, 0.1) is 0 Å². The van der Waals surface area contributed by atoms with Gasteiger partial charge in [0.25, 0.3) is 0 Å². The van der Waals surface area contributed by atoms with Crippen molar-refractivity contribution in [3.05, 3.63) is 95.3 Å². The number of hydrogen-bond donors (Lipinski definition) is 1. The Morgan fingerprint density at radius 3 is 2.40 bits per heavy atom. The molecule has 3 aromatic carbocycles. The first kappa shape index (κ1) is 24.3. The third-order valence-corrected chi connectivity index (χ3v) is 5.90. The average Bonchev–Trinajstić information content (AvgIpc) is 3.34. The Morgan fingerprint density at radius 2 is 1.66 bits per heavy atom. The Morgan fingerprint density at radius 1 is 0.943 bits per heavy atom. The zero-order chi connectivity index (χ0) is 24.6. The second kappa shape index (κ2) is 11.5. The van der Waals surface area contributed by atoms with Crippen molar-refractivity contribution in [2.75, 3.05) is 6.79 Å². The smallest absolute Gasteiger partial charge is 0.243 e. The molecule has 0 aliphatic carbocycles. The van der Waals surface area contributed by atoms with Gasteiger partial charge in [-0.1, -0.05) is 55.5 Å². The lowest BCUT2D eigenvalue weighted by atomic mass is 10.0. The molecule has 0 spiro atoms. The number of carbonyl (C=O) groups excluding carboxylic acids is 2. The summed E-state index contributed by atoms with van der Waals surface area (Å²) in [6, 6.07) is 20.4. The van der Waals surface area contributed by atoms with Gasteiger partial charge in [-0.25, -0.2) is 4.39 Å². The summed E-state index contributed by atoms with van der Waals surface area (Å²) in [6.45, 7) is 2.61. The lowest BCUT2D eigenvalue weighted by Crippen LogP contribution is -2.50. The zero-order valence-electron chi connectivity index (χ0n) is 19.7. The first-order chi connectivity index (χ1) is 17.0. The van der Waals surface area contributed by atoms with E-state index in [-0.39, 0.29) is 37.5 Å². The molecule has 1 atom stereocenters. The molecule has 0 fully saturated rings. The molecular weight excluding hydrogens is 447 g/mol. The summed E-state index contributed by atoms with van der Waals surface area (Å²) in [6.07, 6.45) is 1.35. The molecule has 0 aromatic heterocycles. The summed E-state index contributed by atoms with van der Waals surface area (Å²) in [5.74, 6) is 0.614. The normalized spacial score (nSPS) is 12.7. The van der Waals surface area contributed by atoms with Crippen molar-refractivity contribution in [2.45, 2.75) is 45.3 Å². The van der Waals surface area contributed by atoms with E-state index in [1.165, 1.54) is 12.1 Å². The summed E-state index contributed by atoms with van der Waals surface area (Å²) in [5.41, 5.74) is 2.58. The number of rotatable bonds is 10. The number of fused-ring (bicyclic) bond motifs is 1. The van der Waals surface area contributed by atoms with Crippen molar-refractivity contribution >= 4 is 11.8 Å². The number of halogens is 1. The SMILES string of the molecule is CCCC(=O)N(Cc1ccc(F)cc1)[C@@H](Cc1ccccc1)C(=O)NCc1ccc2c(c1)OCO2. The van der Waals surface area contributed by atoms with Crippen molar-refractivity contribution in [1.82, 2.24) is 10.2 Å². The molecule has 1 aliphatic heterocycles. The molecule has 182 valence electrons. The van der Waals surface area contributed by atoms with E-state index in [4.69, 9.17) is 9.47 Å². The van der Waals surface area contributed by atoms with Gasteiger partial charge in [0.15, 0.2) is 11.5 Å². The molecule has 1 N–H and O–H groups in total. The van der Waals surface area contributed by atoms with E-state index in [2.05, 4.69) is 5.32 Å². The third-order valence-electron chi connectivity index (χ3n) is 5.90. The van der Waals surface area contributed by atoms with Gasteiger partial charge in [-0.15, -0.1) is 0 Å². The molecule has 3 aromatic rings. The van der Waals surface area contributed by atoms with Gasteiger partial charge < -0.3 is 19.7 Å². The van der Waals surface area contributed by atoms with E-state index in [0.29, 0.717) is 30.8 Å². The highest BCUT2D eigenvalue weighted by Gasteiger charge is 2.30. The minimum Gasteiger partial charge on any atom is -0.454 e. The molecule has 6 nitrogen and oxygen atoms in total. The van der Waals surface area contributed by atoms with Crippen molar-refractivity contribution in [1.29, 1.82) is 0 Å². The fourth-order valence-corrected chi connectivity index (χ4v) is 4.06. The summed E-state index contributed by atoms with van der Waals surface area (Å²) in [4.78, 5) is 28.3. The van der Waals surface area contributed by atoms with Crippen molar-refractivity contribution in [3.8, 4) is 11.5 Å². The van der Waals surface area contributed by atoms with Crippen LogP contribution in [-0.2, 0) is 29.1 Å². The average molecular weight is 477 g/mol. The van der Waals surface area contributed by atoms with E-state index in [1.807, 2.05) is 55.5 Å². The van der Waals surface area contributed by atoms with Crippen LogP contribution in [0.25, 0.3) is 0 Å². The molecule has 0 saturated carbocycles. The second-order valence-electron chi connectivity index (χ2n) is 8.51. The summed E-state index contributed by atoms with van der Waals surface area (Å²) in [5, 5.41) is 2.99. The zero-order valence-corrected chi connectivity index (χ0v) is 19.7. The summed E-state index contributed by atoms with van der Waals surface area (Å²) < 4.78 is 24.2. The van der Waals surface area contributed by atoms with Crippen LogP contribution in [-0.4, -0.2) is 29.5 Å². The topological polar surface area (TPSA) is 67.9 Å². The highest BCUT2D eigenvalue weighted by atomic mass is 19.1. The molecule has 35 heavy (non-hydrogen) atoms. The predicted molar refractivity (Wildman–Crippen MR) is 130 cm³/mol. The monoisotopic (exact) mass is 476 g/mol. The van der Waals surface area contributed by atoms with Gasteiger partial charge in [0, 0.05) is 25.9 Å². The van der Waals surface area contributed by atoms with Crippen LogP contribution in [0.2, 0.25) is 0 Å². The Bertz CT molecular complexity index is 1150. The van der Waals surface area contributed by atoms with E-state index in [1.54, 1.807) is 17.0 Å². The fraction of sp³-hybridized carbons (Fsp3) is 0.286. The Balaban J connectivity index is 1.57. The van der Waals surface area contributed by atoms with Crippen LogP contribution in [0.1, 0.15) is 36.5 Å². The molecule has 1 aliphatic rings. The number of amides is 2. The predicted octanol–water partition coefficient (Wildman–Crippen LogP) is 4.61. The Hall–Kier alpha value is -3.87. The first-order valence-corrected chi connectivity index (χ1v) is 11.8. The number of ether oxygens (including phenoxy) is 2. The van der Waals surface area contributed by atoms with E-state index in [0.717, 1.165) is 16.7 Å². The molecule has 0 saturated heterocycles. The van der Waals surface area contributed by atoms with E-state index < -0.39 is 6.04 Å². The maximum atomic E-state index is 13.5. The second-order valence-corrected chi connectivity index (χ2v) is 8.51. The fourth-order valence-electron chi connectivity index (χ4n) is 4.06. The van der Waals surface area contributed by atoms with Gasteiger partial charge >= 0.3 is 0 Å². The van der Waals surface area contributed by atoms with Crippen LogP contribution < -0.4 is 14.8 Å². The minimum atomic E-state index is -0.726. The molecule has 7 heteroatoms. The first-order valence-electron chi connectivity index (χ1n) is 11.8. The standard InChI is InChI=1S/C28H29FN2O4/c1-2-6-27(32)31(18-21-9-12-23(29)13-10-21)24(15-20-7-4-3-5-8-20)28(33)30-17-22-11-14-25-26(16-22)35-19-34-25/h3-5,7-14,16,24H,2,6,15,17-19H2,1H3,(H,30,33)/t24-/m0/s1. The van der Waals surface area contributed by atoms with Crippen LogP contribution in [0, 0.1) is 5.82 Å². The van der Waals surface area contributed by atoms with Crippen LogP contribution in [0.4, 0.5) is 4.39 Å². The summed E-state index contributed by atoms with van der Waals surface area (Å²) >= 11 is 0. The van der Waals surface area contributed by atoms with Crippen molar-refractivity contribution < 1.29 is 23.5 Å². The number of benzene rings is 3. The lowest BCUT2D eigenvalue weighted by molar-refractivity contribution is -0.141. The van der Waals surface area contributed by atoms with Crippen LogP contribution in [0.15, 0.2) is 72.8 Å². The van der Waals surface area contributed by atoms with Crippen LogP contribution in [0.5, 0.6) is 11.5 Å². The largest absolute Gasteiger partial charge is 0.454 e. The number of nitrogens with one attached hydrogen (secondary N) is 1. The Kier molecular flexibility index (Phi) is 7.98. The van der Waals surface area contributed by atoms with E-state index >= 15 is 0 Å². The van der Waals surface area contributed by atoms with E-state index in [9.17, 15) is 14.0 Å². The quantitative estimate of drug-likeness (QED) is 0.464. The van der Waals surface area contributed by atoms with Gasteiger partial charge in [-0.3, -0.25) is 9.59 Å². The lowest BCUT2D eigenvalue weighted by Gasteiger charge is -2.31. The maximum Gasteiger partial charge on any atom is 0.243 e. The molecule has 0 unspecified atom stereocenters. The maximum absolute atomic E-state index is 13.5. The third kappa shape index (κ3) is 6.38. The molecule has 0 radical (unpaired) electrons. The Labute approximate surface area is 204 Å². The van der Waals surface area contributed by atoms with Gasteiger partial charge in [0.1, 0.15) is 11.9 Å². The molecule has 1 heterocycles. The van der Waals surface area contributed by atoms with Gasteiger partial charge in [0.2, 0.25) is 18.6 Å². The summed E-state index contributed by atoms with van der Waals surface area (Å²) in [7, 11) is 0.